The molecule has 0 atom stereocenters. The molecular weight excluding hydrogens is 534 g/mol. The largest absolute Gasteiger partial charge is 0.495 e. The highest BCUT2D eigenvalue weighted by Crippen LogP contribution is 2.32. The number of benzene rings is 3. The summed E-state index contributed by atoms with van der Waals surface area (Å²) in [6.45, 7) is 2.53. The monoisotopic (exact) mass is 555 g/mol. The Morgan fingerprint density at radius 2 is 1.77 bits per heavy atom. The smallest absolute Gasteiger partial charge is 0.291 e. The van der Waals surface area contributed by atoms with Crippen LogP contribution in [-0.2, 0) is 0 Å². The second-order valence-corrected chi connectivity index (χ2v) is 9.98. The van der Waals surface area contributed by atoms with Crippen LogP contribution in [0.4, 0.5) is 0 Å². The van der Waals surface area contributed by atoms with Crippen molar-refractivity contribution in [2.24, 2.45) is 0 Å². The van der Waals surface area contributed by atoms with Gasteiger partial charge in [-0.25, -0.2) is 4.68 Å². The third-order valence-electron chi connectivity index (χ3n) is 6.08. The van der Waals surface area contributed by atoms with Gasteiger partial charge in [0.15, 0.2) is 5.82 Å². The molecule has 39 heavy (non-hydrogen) atoms. The van der Waals surface area contributed by atoms with E-state index in [1.165, 1.54) is 15.9 Å². The van der Waals surface area contributed by atoms with Gasteiger partial charge < -0.3 is 9.47 Å². The Morgan fingerprint density at radius 1 is 1.00 bits per heavy atom. The summed E-state index contributed by atoms with van der Waals surface area (Å²) in [5.41, 5.74) is 3.69. The molecule has 8 nitrogen and oxygen atoms in total. The Labute approximate surface area is 232 Å². The number of nitrogens with zero attached hydrogens (tertiary/aromatic N) is 5. The van der Waals surface area contributed by atoms with Gasteiger partial charge in [0, 0.05) is 22.9 Å². The summed E-state index contributed by atoms with van der Waals surface area (Å²) in [7, 11) is 1.57. The van der Waals surface area contributed by atoms with E-state index in [-0.39, 0.29) is 5.56 Å². The van der Waals surface area contributed by atoms with E-state index < -0.39 is 0 Å². The number of halogens is 1. The van der Waals surface area contributed by atoms with Gasteiger partial charge in [0.25, 0.3) is 5.56 Å². The molecule has 3 heterocycles. The predicted molar refractivity (Wildman–Crippen MR) is 153 cm³/mol. The van der Waals surface area contributed by atoms with Crippen LogP contribution in [0.3, 0.4) is 0 Å². The zero-order chi connectivity index (χ0) is 26.9. The highest BCUT2D eigenvalue weighted by atomic mass is 35.5. The third-order valence-corrected chi connectivity index (χ3v) is 7.34. The summed E-state index contributed by atoms with van der Waals surface area (Å²) in [6, 6.07) is 22.8. The molecule has 194 valence electrons. The lowest BCUT2D eigenvalue weighted by molar-refractivity contribution is 0.340. The quantitative estimate of drug-likeness (QED) is 0.266. The van der Waals surface area contributed by atoms with Gasteiger partial charge in [0.2, 0.25) is 4.96 Å². The molecule has 10 heteroatoms. The summed E-state index contributed by atoms with van der Waals surface area (Å²) in [4.78, 5) is 18.5. The summed E-state index contributed by atoms with van der Waals surface area (Å²) >= 11 is 7.70. The first-order valence-electron chi connectivity index (χ1n) is 12.2. The maximum absolute atomic E-state index is 13.3. The minimum Gasteiger partial charge on any atom is -0.495 e. The standard InChI is InChI=1S/C29H22ClN5O3S/c1-3-38-22-12-9-18(10-13-22)27-31-29-35(33-27)28(36)25(39-29)16-20-17-34(21-7-5-4-6-8-21)32-26(20)19-11-14-24(37-2)23(30)15-19/h4-17H,3H2,1-2H3/b25-16-. The van der Waals surface area contributed by atoms with Gasteiger partial charge in [-0.05, 0) is 67.6 Å². The molecule has 0 spiro atoms. The molecule has 0 aliphatic carbocycles. The van der Waals surface area contributed by atoms with Crippen molar-refractivity contribution in [2.75, 3.05) is 13.7 Å². The Morgan fingerprint density at radius 3 is 2.46 bits per heavy atom. The number of hydrogen-bond acceptors (Lipinski definition) is 7. The molecule has 0 fully saturated rings. The molecule has 6 aromatic rings. The van der Waals surface area contributed by atoms with E-state index in [4.69, 9.17) is 26.2 Å². The second kappa shape index (κ2) is 10.4. The fraction of sp³-hybridized carbons (Fsp3) is 0.103. The van der Waals surface area contributed by atoms with Crippen LogP contribution in [0, 0.1) is 0 Å². The van der Waals surface area contributed by atoms with Crippen molar-refractivity contribution >= 4 is 34.0 Å². The van der Waals surface area contributed by atoms with E-state index in [2.05, 4.69) is 10.1 Å². The van der Waals surface area contributed by atoms with Crippen molar-refractivity contribution < 1.29 is 9.47 Å². The van der Waals surface area contributed by atoms with Gasteiger partial charge in [-0.2, -0.15) is 14.6 Å². The molecule has 0 aliphatic heterocycles. The van der Waals surface area contributed by atoms with E-state index in [0.717, 1.165) is 28.1 Å². The summed E-state index contributed by atoms with van der Waals surface area (Å²) in [5.74, 6) is 1.83. The van der Waals surface area contributed by atoms with Crippen molar-refractivity contribution in [3.8, 4) is 39.8 Å². The summed E-state index contributed by atoms with van der Waals surface area (Å²) in [5, 5.41) is 9.78. The zero-order valence-corrected chi connectivity index (χ0v) is 22.6. The average Bonchev–Trinajstić information content (AvgIpc) is 3.65. The third kappa shape index (κ3) is 4.78. The molecular formula is C29H22ClN5O3S. The number of thiazole rings is 1. The highest BCUT2D eigenvalue weighted by Gasteiger charge is 2.16. The van der Waals surface area contributed by atoms with Crippen LogP contribution in [0.15, 0.2) is 83.8 Å². The Kier molecular flexibility index (Phi) is 6.60. The number of hydrogen-bond donors (Lipinski definition) is 0. The minimum atomic E-state index is -0.245. The SMILES string of the molecule is CCOc1ccc(-c2nc3s/c(=C\c4cn(-c5ccccc5)nc4-c4ccc(OC)c(Cl)c4)c(=O)n3n2)cc1. The molecule has 0 bridgehead atoms. The maximum Gasteiger partial charge on any atom is 0.291 e. The predicted octanol–water partition coefficient (Wildman–Crippen LogP) is 5.28. The van der Waals surface area contributed by atoms with Crippen LogP contribution in [-0.4, -0.2) is 38.1 Å². The van der Waals surface area contributed by atoms with Crippen molar-refractivity contribution in [1.82, 2.24) is 24.4 Å². The van der Waals surface area contributed by atoms with Gasteiger partial charge in [0.1, 0.15) is 17.2 Å². The molecule has 0 saturated carbocycles. The molecule has 0 amide bonds. The lowest BCUT2D eigenvalue weighted by Gasteiger charge is -2.05. The van der Waals surface area contributed by atoms with E-state index in [9.17, 15) is 4.79 Å². The molecule has 0 unspecified atom stereocenters. The number of para-hydroxylation sites is 1. The number of methoxy groups -OCH3 is 1. The van der Waals surface area contributed by atoms with Crippen molar-refractivity contribution in [3.05, 3.63) is 104 Å². The Bertz CT molecular complexity index is 1900. The Hall–Kier alpha value is -4.47. The normalized spacial score (nSPS) is 11.8. The number of fused-ring (bicyclic) bond motifs is 1. The molecule has 3 aromatic carbocycles. The van der Waals surface area contributed by atoms with Crippen LogP contribution in [0.2, 0.25) is 5.02 Å². The van der Waals surface area contributed by atoms with Gasteiger partial charge in [-0.1, -0.05) is 41.1 Å². The van der Waals surface area contributed by atoms with E-state index in [1.807, 2.05) is 79.9 Å². The molecule has 0 N–H and O–H groups in total. The maximum atomic E-state index is 13.3. The molecule has 0 radical (unpaired) electrons. The van der Waals surface area contributed by atoms with Crippen LogP contribution in [0.5, 0.6) is 11.5 Å². The van der Waals surface area contributed by atoms with Gasteiger partial charge >= 0.3 is 0 Å². The Balaban J connectivity index is 1.44. The first kappa shape index (κ1) is 24.8. The van der Waals surface area contributed by atoms with Gasteiger partial charge in [0.05, 0.1) is 29.0 Å². The molecule has 3 aromatic heterocycles. The second-order valence-electron chi connectivity index (χ2n) is 8.57. The van der Waals surface area contributed by atoms with Crippen LogP contribution in [0.25, 0.3) is 39.4 Å². The first-order chi connectivity index (χ1) is 19.0. The van der Waals surface area contributed by atoms with Gasteiger partial charge in [-0.3, -0.25) is 4.79 Å². The summed E-state index contributed by atoms with van der Waals surface area (Å²) in [6.07, 6.45) is 3.71. The average molecular weight is 556 g/mol. The summed E-state index contributed by atoms with van der Waals surface area (Å²) < 4.78 is 14.4. The lowest BCUT2D eigenvalue weighted by Crippen LogP contribution is -2.23. The van der Waals surface area contributed by atoms with E-state index in [0.29, 0.717) is 38.4 Å². The van der Waals surface area contributed by atoms with Crippen LogP contribution in [0.1, 0.15) is 12.5 Å². The molecule has 6 rings (SSSR count). The number of aromatic nitrogens is 5. The highest BCUT2D eigenvalue weighted by molar-refractivity contribution is 7.15. The fourth-order valence-corrected chi connectivity index (χ4v) is 5.36. The minimum absolute atomic E-state index is 0.245. The molecule has 0 saturated heterocycles. The lowest BCUT2D eigenvalue weighted by atomic mass is 10.1. The van der Waals surface area contributed by atoms with Crippen molar-refractivity contribution in [3.63, 3.8) is 0 Å². The molecule has 0 aliphatic rings. The van der Waals surface area contributed by atoms with Crippen LogP contribution < -0.4 is 19.6 Å². The van der Waals surface area contributed by atoms with E-state index in [1.54, 1.807) is 23.9 Å². The fourth-order valence-electron chi connectivity index (χ4n) is 4.21. The topological polar surface area (TPSA) is 83.5 Å². The first-order valence-corrected chi connectivity index (χ1v) is 13.4. The zero-order valence-electron chi connectivity index (χ0n) is 21.0. The number of ether oxygens (including phenoxy) is 2. The van der Waals surface area contributed by atoms with Gasteiger partial charge in [-0.15, -0.1) is 5.10 Å². The van der Waals surface area contributed by atoms with Crippen molar-refractivity contribution in [1.29, 1.82) is 0 Å². The van der Waals surface area contributed by atoms with E-state index >= 15 is 0 Å². The van der Waals surface area contributed by atoms with Crippen molar-refractivity contribution in [2.45, 2.75) is 6.92 Å². The number of rotatable bonds is 7. The van der Waals surface area contributed by atoms with Crippen LogP contribution >= 0.6 is 22.9 Å².